The Morgan fingerprint density at radius 3 is 2.71 bits per heavy atom. The van der Waals surface area contributed by atoms with Gasteiger partial charge in [-0.25, -0.2) is 0 Å². The van der Waals surface area contributed by atoms with Gasteiger partial charge < -0.3 is 5.73 Å². The summed E-state index contributed by atoms with van der Waals surface area (Å²) < 4.78 is 2.02. The van der Waals surface area contributed by atoms with Crippen LogP contribution in [0.3, 0.4) is 0 Å². The Bertz CT molecular complexity index is 613. The lowest BCUT2D eigenvalue weighted by atomic mass is 10.2. The quantitative estimate of drug-likeness (QED) is 0.830. The predicted molar refractivity (Wildman–Crippen MR) is 85.7 cm³/mol. The van der Waals surface area contributed by atoms with Crippen molar-refractivity contribution >= 4 is 5.69 Å². The zero-order valence-electron chi connectivity index (χ0n) is 12.9. The molecule has 2 N–H and O–H groups in total. The van der Waals surface area contributed by atoms with E-state index < -0.39 is 0 Å². The second-order valence-electron chi connectivity index (χ2n) is 5.99. The number of nitrogen functional groups attached to an aromatic ring is 1. The van der Waals surface area contributed by atoms with Gasteiger partial charge in [0.15, 0.2) is 0 Å². The summed E-state index contributed by atoms with van der Waals surface area (Å²) in [5.41, 5.74) is 10.5. The van der Waals surface area contributed by atoms with E-state index in [1.807, 2.05) is 23.9 Å². The number of benzene rings is 1. The fraction of sp³-hybridized carbons (Fsp3) is 0.471. The second-order valence-corrected chi connectivity index (χ2v) is 5.99. The molecule has 1 aromatic carbocycles. The van der Waals surface area contributed by atoms with Crippen LogP contribution >= 0.6 is 0 Å². The molecule has 3 rings (SSSR count). The van der Waals surface area contributed by atoms with Crippen LogP contribution in [0.15, 0.2) is 30.3 Å². The van der Waals surface area contributed by atoms with Crippen molar-refractivity contribution in [3.8, 4) is 0 Å². The van der Waals surface area contributed by atoms with Crippen molar-refractivity contribution in [3.63, 3.8) is 0 Å². The largest absolute Gasteiger partial charge is 0.399 e. The van der Waals surface area contributed by atoms with Crippen molar-refractivity contribution in [2.45, 2.75) is 45.3 Å². The summed E-state index contributed by atoms with van der Waals surface area (Å²) in [7, 11) is 2.04. The van der Waals surface area contributed by atoms with E-state index in [0.717, 1.165) is 25.2 Å². The fourth-order valence-corrected chi connectivity index (χ4v) is 2.78. The molecule has 4 nitrogen and oxygen atoms in total. The summed E-state index contributed by atoms with van der Waals surface area (Å²) in [4.78, 5) is 2.55. The minimum atomic E-state index is 0.714. The lowest BCUT2D eigenvalue weighted by Crippen LogP contribution is -2.26. The van der Waals surface area contributed by atoms with Gasteiger partial charge in [-0.2, -0.15) is 5.10 Å². The second kappa shape index (κ2) is 5.90. The van der Waals surface area contributed by atoms with Gasteiger partial charge in [-0.05, 0) is 43.0 Å². The molecule has 0 spiro atoms. The predicted octanol–water partition coefficient (Wildman–Crippen LogP) is 2.73. The molecule has 0 atom stereocenters. The van der Waals surface area contributed by atoms with E-state index in [1.54, 1.807) is 0 Å². The average molecular weight is 284 g/mol. The monoisotopic (exact) mass is 284 g/mol. The lowest BCUT2D eigenvalue weighted by molar-refractivity contribution is 0.239. The van der Waals surface area contributed by atoms with Crippen LogP contribution in [0.4, 0.5) is 5.69 Å². The topological polar surface area (TPSA) is 47.1 Å². The first kappa shape index (κ1) is 14.1. The van der Waals surface area contributed by atoms with Crippen LogP contribution in [0.5, 0.6) is 0 Å². The van der Waals surface area contributed by atoms with E-state index in [4.69, 9.17) is 5.73 Å². The number of anilines is 1. The van der Waals surface area contributed by atoms with E-state index in [1.165, 1.54) is 29.8 Å². The Kier molecular flexibility index (Phi) is 3.97. The van der Waals surface area contributed by atoms with Crippen molar-refractivity contribution in [1.82, 2.24) is 14.7 Å². The molecule has 1 aliphatic rings. The number of hydrogen-bond acceptors (Lipinski definition) is 3. The Hall–Kier alpha value is -1.81. The van der Waals surface area contributed by atoms with Crippen molar-refractivity contribution in [3.05, 3.63) is 47.3 Å². The summed E-state index contributed by atoms with van der Waals surface area (Å²) in [5.74, 6) is 0. The molecule has 21 heavy (non-hydrogen) atoms. The van der Waals surface area contributed by atoms with Crippen LogP contribution in [-0.4, -0.2) is 20.7 Å². The number of aryl methyl sites for hydroxylation is 2. The zero-order chi connectivity index (χ0) is 14.8. The molecular formula is C17H24N4. The number of hydrogen-bond donors (Lipinski definition) is 1. The van der Waals surface area contributed by atoms with E-state index in [9.17, 15) is 0 Å². The summed E-state index contributed by atoms with van der Waals surface area (Å²) in [6.07, 6.45) is 3.61. The first-order chi connectivity index (χ1) is 10.2. The van der Waals surface area contributed by atoms with Gasteiger partial charge >= 0.3 is 0 Å². The number of nitrogens with two attached hydrogens (primary N) is 1. The molecule has 0 aliphatic heterocycles. The smallest absolute Gasteiger partial charge is 0.0625 e. The summed E-state index contributed by atoms with van der Waals surface area (Å²) >= 11 is 0. The molecule has 1 aliphatic carbocycles. The minimum absolute atomic E-state index is 0.714. The number of nitrogens with zero attached hydrogens (tertiary/aromatic N) is 3. The molecule has 1 fully saturated rings. The van der Waals surface area contributed by atoms with E-state index in [2.05, 4.69) is 35.1 Å². The molecule has 1 saturated carbocycles. The average Bonchev–Trinajstić information content (AvgIpc) is 3.24. The maximum atomic E-state index is 5.89. The van der Waals surface area contributed by atoms with Crippen molar-refractivity contribution in [1.29, 1.82) is 0 Å². The van der Waals surface area contributed by atoms with Gasteiger partial charge in [0, 0.05) is 31.9 Å². The molecular weight excluding hydrogens is 260 g/mol. The van der Waals surface area contributed by atoms with Crippen molar-refractivity contribution < 1.29 is 0 Å². The molecule has 0 radical (unpaired) electrons. The minimum Gasteiger partial charge on any atom is -0.399 e. The normalized spacial score (nSPS) is 14.8. The molecule has 0 bridgehead atoms. The summed E-state index contributed by atoms with van der Waals surface area (Å²) in [6.45, 7) is 4.07. The Labute approximate surface area is 126 Å². The fourth-order valence-electron chi connectivity index (χ4n) is 2.78. The van der Waals surface area contributed by atoms with Crippen molar-refractivity contribution in [2.75, 3.05) is 5.73 Å². The highest BCUT2D eigenvalue weighted by atomic mass is 15.3. The van der Waals surface area contributed by atoms with E-state index >= 15 is 0 Å². The van der Waals surface area contributed by atoms with Gasteiger partial charge in [0.1, 0.15) is 0 Å². The molecule has 4 heteroatoms. The van der Waals surface area contributed by atoms with Gasteiger partial charge in [-0.1, -0.05) is 19.1 Å². The number of rotatable bonds is 6. The first-order valence-electron chi connectivity index (χ1n) is 7.76. The maximum absolute atomic E-state index is 5.89. The van der Waals surface area contributed by atoms with Crippen LogP contribution in [-0.2, 0) is 26.6 Å². The SMILES string of the molecule is CCc1cc(CN(Cc2cccc(N)c2)C2CC2)n(C)n1. The highest BCUT2D eigenvalue weighted by Gasteiger charge is 2.29. The number of aromatic nitrogens is 2. The molecule has 2 aromatic rings. The van der Waals surface area contributed by atoms with Crippen molar-refractivity contribution in [2.24, 2.45) is 7.05 Å². The van der Waals surface area contributed by atoms with Gasteiger partial charge in [-0.15, -0.1) is 0 Å². The molecule has 1 aromatic heterocycles. The first-order valence-corrected chi connectivity index (χ1v) is 7.76. The highest BCUT2D eigenvalue weighted by Crippen LogP contribution is 2.30. The van der Waals surface area contributed by atoms with Gasteiger partial charge in [0.2, 0.25) is 0 Å². The Morgan fingerprint density at radius 1 is 1.29 bits per heavy atom. The highest BCUT2D eigenvalue weighted by molar-refractivity contribution is 5.40. The molecule has 0 unspecified atom stereocenters. The standard InChI is InChI=1S/C17H24N4/c1-3-15-10-17(20(2)19-15)12-21(16-7-8-16)11-13-5-4-6-14(18)9-13/h4-6,9-10,16H,3,7-8,11-12,18H2,1-2H3. The Balaban J connectivity index is 1.74. The third-order valence-electron chi connectivity index (χ3n) is 4.15. The van der Waals surface area contributed by atoms with Crippen LogP contribution < -0.4 is 5.73 Å². The molecule has 0 amide bonds. The molecule has 112 valence electrons. The van der Waals surface area contributed by atoms with Gasteiger partial charge in [0.05, 0.1) is 11.4 Å². The Morgan fingerprint density at radius 2 is 2.10 bits per heavy atom. The van der Waals surface area contributed by atoms with E-state index in [-0.39, 0.29) is 0 Å². The summed E-state index contributed by atoms with van der Waals surface area (Å²) in [6, 6.07) is 11.2. The van der Waals surface area contributed by atoms with Crippen LogP contribution in [0.25, 0.3) is 0 Å². The third-order valence-corrected chi connectivity index (χ3v) is 4.15. The van der Waals surface area contributed by atoms with Crippen LogP contribution in [0.2, 0.25) is 0 Å². The lowest BCUT2D eigenvalue weighted by Gasteiger charge is -2.22. The van der Waals surface area contributed by atoms with Crippen LogP contribution in [0.1, 0.15) is 36.7 Å². The third kappa shape index (κ3) is 3.45. The van der Waals surface area contributed by atoms with Crippen LogP contribution in [0, 0.1) is 0 Å². The van der Waals surface area contributed by atoms with Gasteiger partial charge in [0.25, 0.3) is 0 Å². The molecule has 0 saturated heterocycles. The maximum Gasteiger partial charge on any atom is 0.0625 e. The molecule has 1 heterocycles. The van der Waals surface area contributed by atoms with Gasteiger partial charge in [-0.3, -0.25) is 9.58 Å². The van der Waals surface area contributed by atoms with E-state index in [0.29, 0.717) is 6.04 Å². The zero-order valence-corrected chi connectivity index (χ0v) is 12.9. The summed E-state index contributed by atoms with van der Waals surface area (Å²) in [5, 5.41) is 4.55.